The van der Waals surface area contributed by atoms with Crippen LogP contribution in [0, 0.1) is 13.8 Å². The molecule has 1 saturated carbocycles. The molecule has 3 aromatic heterocycles. The molecular weight excluding hydrogens is 394 g/mol. The zero-order chi connectivity index (χ0) is 22.6. The van der Waals surface area contributed by atoms with Crippen LogP contribution in [0.15, 0.2) is 30.7 Å². The largest absolute Gasteiger partial charge is 0.354 e. The molecule has 5 nitrogen and oxygen atoms in total. The third-order valence-corrected chi connectivity index (χ3v) is 7.75. The predicted octanol–water partition coefficient (Wildman–Crippen LogP) is 6.21. The highest BCUT2D eigenvalue weighted by Crippen LogP contribution is 2.41. The Morgan fingerprint density at radius 2 is 1.81 bits per heavy atom. The number of benzene rings is 1. The molecule has 0 aliphatic heterocycles. The average Bonchev–Trinajstić information content (AvgIpc) is 3.40. The maximum atomic E-state index is 4.29. The minimum Gasteiger partial charge on any atom is -0.354 e. The van der Waals surface area contributed by atoms with Gasteiger partial charge in [0.2, 0.25) is 0 Å². The maximum Gasteiger partial charge on any atom is 0.163 e. The molecule has 3 heterocycles. The standard InChI is InChI=1S/C27H35N5/c1-16(2)25-22-13-20(19-7-10-21(11-8-19)31(5)6)9-12-24(22)29-26(25)23-14-32-15-28-30-27(32)18(4)17(23)3/h9,12-16,19,21,29H,7-8,10-11H2,1-6H3. The molecule has 1 aromatic carbocycles. The van der Waals surface area contributed by atoms with Crippen LogP contribution in [-0.2, 0) is 0 Å². The van der Waals surface area contributed by atoms with Crippen LogP contribution in [0.25, 0.3) is 27.8 Å². The fourth-order valence-electron chi connectivity index (χ4n) is 5.69. The number of nitrogens with one attached hydrogen (secondary N) is 1. The lowest BCUT2D eigenvalue weighted by Crippen LogP contribution is -2.31. The highest BCUT2D eigenvalue weighted by atomic mass is 15.2. The molecule has 5 heteroatoms. The van der Waals surface area contributed by atoms with E-state index in [1.54, 1.807) is 6.33 Å². The molecule has 1 fully saturated rings. The second kappa shape index (κ2) is 8.04. The van der Waals surface area contributed by atoms with Crippen molar-refractivity contribution in [3.8, 4) is 11.3 Å². The van der Waals surface area contributed by atoms with Gasteiger partial charge >= 0.3 is 0 Å². The van der Waals surface area contributed by atoms with Crippen LogP contribution in [-0.4, -0.2) is 44.6 Å². The summed E-state index contributed by atoms with van der Waals surface area (Å²) in [4.78, 5) is 6.17. The number of H-pyrrole nitrogens is 1. The lowest BCUT2D eigenvalue weighted by Gasteiger charge is -2.32. The van der Waals surface area contributed by atoms with Crippen LogP contribution in [0.4, 0.5) is 0 Å². The van der Waals surface area contributed by atoms with Gasteiger partial charge in [0.15, 0.2) is 5.65 Å². The number of hydrogen-bond acceptors (Lipinski definition) is 3. The molecule has 32 heavy (non-hydrogen) atoms. The summed E-state index contributed by atoms with van der Waals surface area (Å²) < 4.78 is 2.04. The summed E-state index contributed by atoms with van der Waals surface area (Å²) in [6.07, 6.45) is 9.13. The smallest absolute Gasteiger partial charge is 0.163 e. The summed E-state index contributed by atoms with van der Waals surface area (Å²) in [5.41, 5.74) is 10.0. The molecule has 0 amide bonds. The van der Waals surface area contributed by atoms with E-state index >= 15 is 0 Å². The van der Waals surface area contributed by atoms with Crippen LogP contribution >= 0.6 is 0 Å². The second-order valence-corrected chi connectivity index (χ2v) is 10.2. The van der Waals surface area contributed by atoms with Crippen molar-refractivity contribution in [2.24, 2.45) is 0 Å². The van der Waals surface area contributed by atoms with Gasteiger partial charge in [0.25, 0.3) is 0 Å². The molecule has 0 spiro atoms. The Bertz CT molecular complexity index is 1270. The van der Waals surface area contributed by atoms with Gasteiger partial charge in [0.05, 0.1) is 5.69 Å². The fourth-order valence-corrected chi connectivity index (χ4v) is 5.69. The molecule has 0 saturated heterocycles. The van der Waals surface area contributed by atoms with Crippen LogP contribution in [0.5, 0.6) is 0 Å². The number of aromatic amines is 1. The first-order valence-corrected chi connectivity index (χ1v) is 12.0. The Morgan fingerprint density at radius 3 is 2.50 bits per heavy atom. The lowest BCUT2D eigenvalue weighted by molar-refractivity contribution is 0.216. The number of nitrogens with zero attached hydrogens (tertiary/aromatic N) is 4. The third kappa shape index (κ3) is 3.43. The van der Waals surface area contributed by atoms with Gasteiger partial charge in [-0.1, -0.05) is 19.9 Å². The molecule has 5 rings (SSSR count). The topological polar surface area (TPSA) is 49.2 Å². The molecule has 0 radical (unpaired) electrons. The second-order valence-electron chi connectivity index (χ2n) is 10.2. The normalized spacial score (nSPS) is 19.6. The van der Waals surface area contributed by atoms with Crippen LogP contribution in [0.3, 0.4) is 0 Å². The van der Waals surface area contributed by atoms with E-state index in [9.17, 15) is 0 Å². The fraction of sp³-hybridized carbons (Fsp3) is 0.481. The Morgan fingerprint density at radius 1 is 1.06 bits per heavy atom. The van der Waals surface area contributed by atoms with Crippen LogP contribution in [0.2, 0.25) is 0 Å². The molecule has 1 aliphatic carbocycles. The zero-order valence-electron chi connectivity index (χ0n) is 20.2. The van der Waals surface area contributed by atoms with Crippen molar-refractivity contribution in [1.29, 1.82) is 0 Å². The van der Waals surface area contributed by atoms with Crippen LogP contribution in [0.1, 0.15) is 73.6 Å². The van der Waals surface area contributed by atoms with E-state index < -0.39 is 0 Å². The average molecular weight is 430 g/mol. The first-order valence-electron chi connectivity index (χ1n) is 12.0. The van der Waals surface area contributed by atoms with E-state index in [-0.39, 0.29) is 0 Å². The maximum absolute atomic E-state index is 4.29. The molecule has 0 bridgehead atoms. The van der Waals surface area contributed by atoms with Gasteiger partial charge in [-0.25, -0.2) is 0 Å². The van der Waals surface area contributed by atoms with Gasteiger partial charge in [0.1, 0.15) is 6.33 Å². The number of aryl methyl sites for hydroxylation is 1. The van der Waals surface area contributed by atoms with Gasteiger partial charge < -0.3 is 9.88 Å². The molecule has 0 atom stereocenters. The van der Waals surface area contributed by atoms with E-state index in [0.717, 1.165) is 11.7 Å². The number of rotatable bonds is 4. The van der Waals surface area contributed by atoms with Crippen molar-refractivity contribution >= 4 is 16.6 Å². The molecule has 1 N–H and O–H groups in total. The van der Waals surface area contributed by atoms with Gasteiger partial charge in [-0.05, 0) is 99.8 Å². The van der Waals surface area contributed by atoms with Gasteiger partial charge in [-0.2, -0.15) is 0 Å². The Balaban J connectivity index is 1.60. The lowest BCUT2D eigenvalue weighted by atomic mass is 9.81. The molecular formula is C27H35N5. The van der Waals surface area contributed by atoms with Crippen molar-refractivity contribution in [1.82, 2.24) is 24.5 Å². The molecule has 4 aromatic rings. The SMILES string of the molecule is Cc1c(-c2[nH]c3ccc(C4CCC(N(C)C)CC4)cc3c2C(C)C)cn2cnnc2c1C. The van der Waals surface area contributed by atoms with E-state index in [1.807, 2.05) is 4.40 Å². The summed E-state index contributed by atoms with van der Waals surface area (Å²) >= 11 is 0. The third-order valence-electron chi connectivity index (χ3n) is 7.75. The quantitative estimate of drug-likeness (QED) is 0.420. The van der Waals surface area contributed by atoms with Gasteiger partial charge in [-0.15, -0.1) is 10.2 Å². The Labute approximate surface area is 190 Å². The highest BCUT2D eigenvalue weighted by Gasteiger charge is 2.25. The van der Waals surface area contributed by atoms with E-state index in [2.05, 4.69) is 86.3 Å². The van der Waals surface area contributed by atoms with Gasteiger partial charge in [-0.3, -0.25) is 4.40 Å². The van der Waals surface area contributed by atoms with Crippen LogP contribution < -0.4 is 0 Å². The predicted molar refractivity (Wildman–Crippen MR) is 133 cm³/mol. The van der Waals surface area contributed by atoms with Crippen molar-refractivity contribution in [3.63, 3.8) is 0 Å². The van der Waals surface area contributed by atoms with Crippen molar-refractivity contribution in [2.45, 2.75) is 71.3 Å². The van der Waals surface area contributed by atoms with Crippen molar-refractivity contribution < 1.29 is 0 Å². The van der Waals surface area contributed by atoms with E-state index in [1.165, 1.54) is 70.1 Å². The highest BCUT2D eigenvalue weighted by molar-refractivity contribution is 5.92. The summed E-state index contributed by atoms with van der Waals surface area (Å²) in [6.45, 7) is 8.95. The first kappa shape index (κ1) is 21.2. The minimum atomic E-state index is 0.426. The summed E-state index contributed by atoms with van der Waals surface area (Å²) in [7, 11) is 4.43. The monoisotopic (exact) mass is 429 g/mol. The van der Waals surface area contributed by atoms with E-state index in [4.69, 9.17) is 0 Å². The van der Waals surface area contributed by atoms with Gasteiger partial charge in [0, 0.05) is 28.7 Å². The zero-order valence-corrected chi connectivity index (χ0v) is 20.2. The Kier molecular flexibility index (Phi) is 5.32. The molecule has 168 valence electrons. The van der Waals surface area contributed by atoms with E-state index in [0.29, 0.717) is 11.8 Å². The minimum absolute atomic E-state index is 0.426. The molecule has 0 unspecified atom stereocenters. The number of pyridine rings is 1. The summed E-state index contributed by atoms with van der Waals surface area (Å²) in [5.74, 6) is 1.10. The van der Waals surface area contributed by atoms with Crippen molar-refractivity contribution in [3.05, 3.63) is 53.0 Å². The summed E-state index contributed by atoms with van der Waals surface area (Å²) in [5, 5.41) is 9.79. The summed E-state index contributed by atoms with van der Waals surface area (Å²) in [6, 6.07) is 7.87. The van der Waals surface area contributed by atoms with Crippen molar-refractivity contribution in [2.75, 3.05) is 14.1 Å². The molecule has 1 aliphatic rings. The number of aromatic nitrogens is 4. The Hall–Kier alpha value is -2.66. The first-order chi connectivity index (χ1) is 15.3. The number of fused-ring (bicyclic) bond motifs is 2. The number of hydrogen-bond donors (Lipinski definition) is 1.